The quantitative estimate of drug-likeness (QED) is 0.802. The Hall–Kier alpha value is -0.820. The van der Waals surface area contributed by atoms with Crippen LogP contribution in [0.15, 0.2) is 30.3 Å². The highest BCUT2D eigenvalue weighted by Crippen LogP contribution is 2.38. The van der Waals surface area contributed by atoms with Gasteiger partial charge in [0.05, 0.1) is 0 Å². The van der Waals surface area contributed by atoms with Crippen molar-refractivity contribution in [3.8, 4) is 0 Å². The molecule has 0 saturated carbocycles. The van der Waals surface area contributed by atoms with Gasteiger partial charge in [-0.05, 0) is 17.4 Å². The maximum Gasteiger partial charge on any atom is 0.0121 e. The topological polar surface area (TPSA) is 26.0 Å². The molecule has 0 heterocycles. The number of hydrogen-bond donors (Lipinski definition) is 1. The Morgan fingerprint density at radius 2 is 1.47 bits per heavy atom. The second-order valence-corrected chi connectivity index (χ2v) is 4.92. The summed E-state index contributed by atoms with van der Waals surface area (Å²) in [6.07, 6.45) is 0. The van der Waals surface area contributed by atoms with E-state index in [4.69, 9.17) is 5.73 Å². The summed E-state index contributed by atoms with van der Waals surface area (Å²) in [6.45, 7) is 9.77. The third-order valence-electron chi connectivity index (χ3n) is 3.71. The van der Waals surface area contributed by atoms with Crippen molar-refractivity contribution >= 4 is 0 Å². The lowest BCUT2D eigenvalue weighted by Crippen LogP contribution is -2.44. The van der Waals surface area contributed by atoms with Crippen LogP contribution in [0.4, 0.5) is 0 Å². The zero-order valence-corrected chi connectivity index (χ0v) is 10.3. The van der Waals surface area contributed by atoms with Gasteiger partial charge in [0.15, 0.2) is 0 Å². The minimum Gasteiger partial charge on any atom is -0.330 e. The fraction of sp³-hybridized carbons (Fsp3) is 0.571. The van der Waals surface area contributed by atoms with E-state index in [1.54, 1.807) is 0 Å². The molecule has 0 radical (unpaired) electrons. The lowest BCUT2D eigenvalue weighted by molar-refractivity contribution is 0.227. The second-order valence-electron chi connectivity index (χ2n) is 4.92. The molecular formula is C14H23N. The van der Waals surface area contributed by atoms with Crippen LogP contribution in [0.3, 0.4) is 0 Å². The molecule has 0 amide bonds. The van der Waals surface area contributed by atoms with Crippen molar-refractivity contribution in [3.63, 3.8) is 0 Å². The first kappa shape index (κ1) is 12.3. The lowest BCUT2D eigenvalue weighted by atomic mass is 9.64. The van der Waals surface area contributed by atoms with E-state index < -0.39 is 0 Å². The molecule has 0 spiro atoms. The predicted octanol–water partition coefficient (Wildman–Crippen LogP) is 3.20. The molecule has 1 aromatic rings. The molecule has 15 heavy (non-hydrogen) atoms. The highest BCUT2D eigenvalue weighted by molar-refractivity contribution is 5.27. The van der Waals surface area contributed by atoms with Crippen LogP contribution in [0.5, 0.6) is 0 Å². The minimum absolute atomic E-state index is 0.112. The molecule has 84 valence electrons. The number of rotatable bonds is 4. The Labute approximate surface area is 93.7 Å². The van der Waals surface area contributed by atoms with Crippen LogP contribution in [0.1, 0.15) is 33.3 Å². The largest absolute Gasteiger partial charge is 0.330 e. The normalized spacial score (nSPS) is 12.5. The van der Waals surface area contributed by atoms with Crippen molar-refractivity contribution < 1.29 is 0 Å². The summed E-state index contributed by atoms with van der Waals surface area (Å²) < 4.78 is 0. The van der Waals surface area contributed by atoms with Gasteiger partial charge in [0.2, 0.25) is 0 Å². The molecule has 0 aliphatic rings. The Kier molecular flexibility index (Phi) is 3.92. The first-order valence-electron chi connectivity index (χ1n) is 5.81. The summed E-state index contributed by atoms with van der Waals surface area (Å²) in [5, 5.41) is 0. The van der Waals surface area contributed by atoms with E-state index in [0.29, 0.717) is 18.4 Å². The third-order valence-corrected chi connectivity index (χ3v) is 3.71. The van der Waals surface area contributed by atoms with Gasteiger partial charge in [-0.3, -0.25) is 0 Å². The predicted molar refractivity (Wildman–Crippen MR) is 66.9 cm³/mol. The Balaban J connectivity index is 3.22. The lowest BCUT2D eigenvalue weighted by Gasteiger charge is -2.41. The van der Waals surface area contributed by atoms with Crippen LogP contribution in [-0.4, -0.2) is 6.54 Å². The van der Waals surface area contributed by atoms with E-state index in [1.807, 2.05) is 0 Å². The maximum atomic E-state index is 6.04. The van der Waals surface area contributed by atoms with Crippen molar-refractivity contribution in [1.82, 2.24) is 0 Å². The van der Waals surface area contributed by atoms with Gasteiger partial charge in [0, 0.05) is 12.0 Å². The van der Waals surface area contributed by atoms with Gasteiger partial charge >= 0.3 is 0 Å². The minimum atomic E-state index is 0.112. The summed E-state index contributed by atoms with van der Waals surface area (Å²) in [7, 11) is 0. The molecule has 0 bridgehead atoms. The van der Waals surface area contributed by atoms with Gasteiger partial charge < -0.3 is 5.73 Å². The fourth-order valence-electron chi connectivity index (χ4n) is 2.67. The van der Waals surface area contributed by atoms with E-state index in [2.05, 4.69) is 58.0 Å². The summed E-state index contributed by atoms with van der Waals surface area (Å²) in [5.74, 6) is 1.12. The molecule has 1 rings (SSSR count). The van der Waals surface area contributed by atoms with Crippen molar-refractivity contribution in [1.29, 1.82) is 0 Å². The van der Waals surface area contributed by atoms with Gasteiger partial charge in [-0.2, -0.15) is 0 Å². The number of nitrogens with two attached hydrogens (primary N) is 1. The molecule has 0 aliphatic carbocycles. The van der Waals surface area contributed by atoms with Crippen molar-refractivity contribution in [3.05, 3.63) is 35.9 Å². The molecule has 0 unspecified atom stereocenters. The average molecular weight is 205 g/mol. The Morgan fingerprint density at radius 3 is 1.80 bits per heavy atom. The summed E-state index contributed by atoms with van der Waals surface area (Å²) in [4.78, 5) is 0. The zero-order chi connectivity index (χ0) is 11.5. The van der Waals surface area contributed by atoms with Crippen LogP contribution in [0, 0.1) is 11.8 Å². The zero-order valence-electron chi connectivity index (χ0n) is 10.3. The molecule has 0 aromatic heterocycles. The van der Waals surface area contributed by atoms with Crippen molar-refractivity contribution in [2.24, 2.45) is 17.6 Å². The molecule has 0 saturated heterocycles. The molecule has 0 atom stereocenters. The van der Waals surface area contributed by atoms with E-state index >= 15 is 0 Å². The summed E-state index contributed by atoms with van der Waals surface area (Å²) >= 11 is 0. The maximum absolute atomic E-state index is 6.04. The van der Waals surface area contributed by atoms with Crippen LogP contribution >= 0.6 is 0 Å². The van der Waals surface area contributed by atoms with Crippen molar-refractivity contribution in [2.45, 2.75) is 33.1 Å². The summed E-state index contributed by atoms with van der Waals surface area (Å²) in [5.41, 5.74) is 7.53. The van der Waals surface area contributed by atoms with Crippen LogP contribution < -0.4 is 5.73 Å². The Bertz CT molecular complexity index is 279. The van der Waals surface area contributed by atoms with E-state index in [9.17, 15) is 0 Å². The Morgan fingerprint density at radius 1 is 1.00 bits per heavy atom. The smallest absolute Gasteiger partial charge is 0.0121 e. The molecule has 1 aromatic carbocycles. The van der Waals surface area contributed by atoms with E-state index in [-0.39, 0.29) is 5.41 Å². The van der Waals surface area contributed by atoms with Gasteiger partial charge in [-0.25, -0.2) is 0 Å². The van der Waals surface area contributed by atoms with Crippen LogP contribution in [-0.2, 0) is 5.41 Å². The molecule has 2 N–H and O–H groups in total. The van der Waals surface area contributed by atoms with Gasteiger partial charge in [0.25, 0.3) is 0 Å². The molecular weight excluding hydrogens is 182 g/mol. The molecule has 0 aliphatic heterocycles. The van der Waals surface area contributed by atoms with Gasteiger partial charge in [-0.15, -0.1) is 0 Å². The highest BCUT2D eigenvalue weighted by atomic mass is 14.6. The van der Waals surface area contributed by atoms with E-state index in [0.717, 1.165) is 0 Å². The highest BCUT2D eigenvalue weighted by Gasteiger charge is 2.37. The first-order valence-corrected chi connectivity index (χ1v) is 5.81. The number of benzene rings is 1. The van der Waals surface area contributed by atoms with Crippen LogP contribution in [0.25, 0.3) is 0 Å². The third kappa shape index (κ3) is 2.07. The SMILES string of the molecule is CC(C)C(CN)(c1ccccc1)C(C)C. The first-order chi connectivity index (χ1) is 7.05. The van der Waals surface area contributed by atoms with Gasteiger partial charge in [-0.1, -0.05) is 58.0 Å². The van der Waals surface area contributed by atoms with Crippen molar-refractivity contribution in [2.75, 3.05) is 6.54 Å². The fourth-order valence-corrected chi connectivity index (χ4v) is 2.67. The number of hydrogen-bond acceptors (Lipinski definition) is 1. The average Bonchev–Trinajstić information content (AvgIpc) is 2.20. The molecule has 1 heteroatoms. The summed E-state index contributed by atoms with van der Waals surface area (Å²) in [6, 6.07) is 10.7. The monoisotopic (exact) mass is 205 g/mol. The second kappa shape index (κ2) is 4.80. The molecule has 1 nitrogen and oxygen atoms in total. The molecule has 0 fully saturated rings. The van der Waals surface area contributed by atoms with E-state index in [1.165, 1.54) is 5.56 Å². The standard InChI is InChI=1S/C14H23N/c1-11(2)14(10-15,12(3)4)13-8-6-5-7-9-13/h5-9,11-12H,10,15H2,1-4H3. The van der Waals surface area contributed by atoms with Crippen LogP contribution in [0.2, 0.25) is 0 Å². The van der Waals surface area contributed by atoms with Gasteiger partial charge in [0.1, 0.15) is 0 Å².